The summed E-state index contributed by atoms with van der Waals surface area (Å²) in [5, 5.41) is 5.85. The maximum absolute atomic E-state index is 12.7. The van der Waals surface area contributed by atoms with Crippen LogP contribution in [-0.2, 0) is 16.0 Å². The predicted octanol–water partition coefficient (Wildman–Crippen LogP) is 4.03. The van der Waals surface area contributed by atoms with Crippen molar-refractivity contribution in [3.05, 3.63) is 58.6 Å². The van der Waals surface area contributed by atoms with E-state index in [1.165, 1.54) is 5.56 Å². The fraction of sp³-hybridized carbons (Fsp3) is 0.348. The maximum Gasteiger partial charge on any atom is 0.252 e. The first-order valence-corrected chi connectivity index (χ1v) is 10.6. The number of rotatable bonds is 7. The number of halogens is 1. The van der Waals surface area contributed by atoms with E-state index in [0.29, 0.717) is 24.3 Å². The second-order valence-electron chi connectivity index (χ2n) is 7.37. The zero-order valence-corrected chi connectivity index (χ0v) is 18.0. The number of carbonyl (C=O) groups is 3. The van der Waals surface area contributed by atoms with Gasteiger partial charge in [0.05, 0.1) is 16.5 Å². The standard InChI is InChI=1S/C23H26ClN3O3/c1-3-11-25-23(30)19-10-7-17(13-20(19)24)26-22(29)16-12-21(28)27(14-16)18-8-5-15(4-2)6-9-18/h5-10,13,16H,3-4,11-12,14H2,1-2H3,(H,25,30)(H,26,29). The lowest BCUT2D eigenvalue weighted by molar-refractivity contribution is -0.122. The van der Waals surface area contributed by atoms with E-state index in [1.54, 1.807) is 23.1 Å². The van der Waals surface area contributed by atoms with Crippen LogP contribution in [-0.4, -0.2) is 30.8 Å². The molecule has 3 rings (SSSR count). The molecule has 7 heteroatoms. The highest BCUT2D eigenvalue weighted by molar-refractivity contribution is 6.34. The monoisotopic (exact) mass is 427 g/mol. The third kappa shape index (κ3) is 5.00. The van der Waals surface area contributed by atoms with Crippen LogP contribution >= 0.6 is 11.6 Å². The van der Waals surface area contributed by atoms with Crippen molar-refractivity contribution in [2.75, 3.05) is 23.3 Å². The second-order valence-corrected chi connectivity index (χ2v) is 7.77. The summed E-state index contributed by atoms with van der Waals surface area (Å²) in [6.45, 7) is 4.95. The van der Waals surface area contributed by atoms with Crippen LogP contribution in [0.15, 0.2) is 42.5 Å². The predicted molar refractivity (Wildman–Crippen MR) is 119 cm³/mol. The molecular weight excluding hydrogens is 402 g/mol. The summed E-state index contributed by atoms with van der Waals surface area (Å²) in [6, 6.07) is 12.6. The number of hydrogen-bond acceptors (Lipinski definition) is 3. The molecular formula is C23H26ClN3O3. The van der Waals surface area contributed by atoms with Crippen LogP contribution in [0.3, 0.4) is 0 Å². The van der Waals surface area contributed by atoms with Crippen LogP contribution in [0, 0.1) is 5.92 Å². The molecule has 3 amide bonds. The van der Waals surface area contributed by atoms with Gasteiger partial charge in [0, 0.05) is 30.9 Å². The summed E-state index contributed by atoms with van der Waals surface area (Å²) in [5.41, 5.74) is 2.86. The highest BCUT2D eigenvalue weighted by Gasteiger charge is 2.35. The summed E-state index contributed by atoms with van der Waals surface area (Å²) in [4.78, 5) is 38.9. The molecule has 30 heavy (non-hydrogen) atoms. The summed E-state index contributed by atoms with van der Waals surface area (Å²) < 4.78 is 0. The fourth-order valence-corrected chi connectivity index (χ4v) is 3.67. The van der Waals surface area contributed by atoms with Crippen LogP contribution in [0.4, 0.5) is 11.4 Å². The summed E-state index contributed by atoms with van der Waals surface area (Å²) in [5.74, 6) is -1.00. The van der Waals surface area contributed by atoms with Crippen LogP contribution < -0.4 is 15.5 Å². The molecule has 0 spiro atoms. The van der Waals surface area contributed by atoms with Crippen molar-refractivity contribution in [2.45, 2.75) is 33.1 Å². The Kier molecular flexibility index (Phi) is 7.11. The quantitative estimate of drug-likeness (QED) is 0.700. The largest absolute Gasteiger partial charge is 0.352 e. The van der Waals surface area contributed by atoms with Gasteiger partial charge in [-0.1, -0.05) is 37.6 Å². The van der Waals surface area contributed by atoms with Crippen LogP contribution in [0.25, 0.3) is 0 Å². The highest BCUT2D eigenvalue weighted by atomic mass is 35.5. The van der Waals surface area contributed by atoms with Crippen molar-refractivity contribution in [3.8, 4) is 0 Å². The summed E-state index contributed by atoms with van der Waals surface area (Å²) in [6.07, 6.45) is 1.92. The number of aryl methyl sites for hydroxylation is 1. The van der Waals surface area contributed by atoms with Crippen molar-refractivity contribution in [1.82, 2.24) is 5.32 Å². The number of nitrogens with one attached hydrogen (secondary N) is 2. The third-order valence-electron chi connectivity index (χ3n) is 5.17. The van der Waals surface area contributed by atoms with E-state index < -0.39 is 5.92 Å². The zero-order valence-electron chi connectivity index (χ0n) is 17.2. The molecule has 0 aliphatic carbocycles. The summed E-state index contributed by atoms with van der Waals surface area (Å²) in [7, 11) is 0. The Morgan fingerprint density at radius 2 is 1.87 bits per heavy atom. The minimum atomic E-state index is -0.449. The number of anilines is 2. The minimum absolute atomic E-state index is 0.0691. The molecule has 1 aliphatic heterocycles. The molecule has 1 fully saturated rings. The molecule has 158 valence electrons. The Bertz CT molecular complexity index is 943. The second kappa shape index (κ2) is 9.76. The first-order valence-electron chi connectivity index (χ1n) is 10.2. The number of amides is 3. The molecule has 1 aliphatic rings. The Morgan fingerprint density at radius 1 is 1.13 bits per heavy atom. The Hall–Kier alpha value is -2.86. The molecule has 2 aromatic rings. The van der Waals surface area contributed by atoms with Gasteiger partial charge in [-0.2, -0.15) is 0 Å². The van der Waals surface area contributed by atoms with Crippen molar-refractivity contribution >= 4 is 40.7 Å². The number of nitrogens with zero attached hydrogens (tertiary/aromatic N) is 1. The number of benzene rings is 2. The van der Waals surface area contributed by atoms with Gasteiger partial charge in [-0.05, 0) is 48.7 Å². The van der Waals surface area contributed by atoms with Gasteiger partial charge in [0.2, 0.25) is 11.8 Å². The Balaban J connectivity index is 1.64. The van der Waals surface area contributed by atoms with Crippen LogP contribution in [0.1, 0.15) is 42.6 Å². The van der Waals surface area contributed by atoms with Crippen molar-refractivity contribution in [1.29, 1.82) is 0 Å². The average molecular weight is 428 g/mol. The van der Waals surface area contributed by atoms with Gasteiger partial charge in [-0.15, -0.1) is 0 Å². The lowest BCUT2D eigenvalue weighted by atomic mass is 10.1. The molecule has 2 aromatic carbocycles. The highest BCUT2D eigenvalue weighted by Crippen LogP contribution is 2.27. The van der Waals surface area contributed by atoms with E-state index in [1.807, 2.05) is 31.2 Å². The number of hydrogen-bond donors (Lipinski definition) is 2. The van der Waals surface area contributed by atoms with Gasteiger partial charge < -0.3 is 15.5 Å². The number of carbonyl (C=O) groups excluding carboxylic acids is 3. The Labute approximate surface area is 181 Å². The lowest BCUT2D eigenvalue weighted by Crippen LogP contribution is -2.28. The zero-order chi connectivity index (χ0) is 21.7. The lowest BCUT2D eigenvalue weighted by Gasteiger charge is -2.17. The van der Waals surface area contributed by atoms with Crippen molar-refractivity contribution in [2.24, 2.45) is 5.92 Å². The Morgan fingerprint density at radius 3 is 2.50 bits per heavy atom. The molecule has 1 unspecified atom stereocenters. The van der Waals surface area contributed by atoms with Gasteiger partial charge in [-0.25, -0.2) is 0 Å². The van der Waals surface area contributed by atoms with Crippen LogP contribution in [0.2, 0.25) is 5.02 Å². The van der Waals surface area contributed by atoms with E-state index in [9.17, 15) is 14.4 Å². The average Bonchev–Trinajstić information content (AvgIpc) is 3.14. The third-order valence-corrected chi connectivity index (χ3v) is 5.48. The van der Waals surface area contributed by atoms with E-state index in [4.69, 9.17) is 11.6 Å². The van der Waals surface area contributed by atoms with Gasteiger partial charge >= 0.3 is 0 Å². The van der Waals surface area contributed by atoms with Crippen LogP contribution in [0.5, 0.6) is 0 Å². The molecule has 6 nitrogen and oxygen atoms in total. The van der Waals surface area contributed by atoms with Crippen molar-refractivity contribution < 1.29 is 14.4 Å². The first kappa shape index (κ1) is 21.8. The normalized spacial score (nSPS) is 15.9. The molecule has 0 bridgehead atoms. The SMILES string of the molecule is CCCNC(=O)c1ccc(NC(=O)C2CC(=O)N(c3ccc(CC)cc3)C2)cc1Cl. The van der Waals surface area contributed by atoms with E-state index >= 15 is 0 Å². The first-order chi connectivity index (χ1) is 14.4. The van der Waals surface area contributed by atoms with Gasteiger partial charge in [0.25, 0.3) is 5.91 Å². The fourth-order valence-electron chi connectivity index (χ4n) is 3.40. The molecule has 1 saturated heterocycles. The molecule has 1 atom stereocenters. The van der Waals surface area contributed by atoms with E-state index in [-0.39, 0.29) is 29.2 Å². The maximum atomic E-state index is 12.7. The molecule has 0 radical (unpaired) electrons. The smallest absolute Gasteiger partial charge is 0.252 e. The summed E-state index contributed by atoms with van der Waals surface area (Å²) >= 11 is 6.22. The van der Waals surface area contributed by atoms with Gasteiger partial charge in [0.15, 0.2) is 0 Å². The minimum Gasteiger partial charge on any atom is -0.352 e. The van der Waals surface area contributed by atoms with Crippen molar-refractivity contribution in [3.63, 3.8) is 0 Å². The molecule has 2 N–H and O–H groups in total. The molecule has 1 heterocycles. The van der Waals surface area contributed by atoms with Gasteiger partial charge in [-0.3, -0.25) is 14.4 Å². The van der Waals surface area contributed by atoms with E-state index in [2.05, 4.69) is 17.6 Å². The van der Waals surface area contributed by atoms with Gasteiger partial charge in [0.1, 0.15) is 0 Å². The molecule has 0 saturated carbocycles. The topological polar surface area (TPSA) is 78.5 Å². The van der Waals surface area contributed by atoms with E-state index in [0.717, 1.165) is 18.5 Å². The molecule has 0 aromatic heterocycles.